The maximum Gasteiger partial charge on any atom is 0.0988 e. The number of hydrogen-bond donors (Lipinski definition) is 1. The number of ether oxygens (including phenoxy) is 1. The molecule has 1 aliphatic rings. The Kier molecular flexibility index (Phi) is 5.92. The summed E-state index contributed by atoms with van der Waals surface area (Å²) < 4.78 is 7.64. The van der Waals surface area contributed by atoms with E-state index < -0.39 is 0 Å². The van der Waals surface area contributed by atoms with E-state index in [9.17, 15) is 0 Å². The van der Waals surface area contributed by atoms with Gasteiger partial charge in [-0.05, 0) is 56.0 Å². The third kappa shape index (κ3) is 5.02. The van der Waals surface area contributed by atoms with Gasteiger partial charge in [-0.1, -0.05) is 18.2 Å². The fourth-order valence-electron chi connectivity index (χ4n) is 3.05. The van der Waals surface area contributed by atoms with E-state index in [1.165, 1.54) is 18.4 Å². The number of hydrogen-bond acceptors (Lipinski definition) is 4. The quantitative estimate of drug-likeness (QED) is 0.557. The molecule has 3 aromatic rings. The maximum atomic E-state index is 5.70. The van der Waals surface area contributed by atoms with Crippen LogP contribution in [0.25, 0.3) is 16.9 Å². The van der Waals surface area contributed by atoms with Gasteiger partial charge in [0.15, 0.2) is 0 Å². The first-order chi connectivity index (χ1) is 13.4. The number of nitrogens with zero attached hydrogens (tertiary/aromatic N) is 3. The molecule has 0 radical (unpaired) electrons. The van der Waals surface area contributed by atoms with Crippen molar-refractivity contribution in [1.29, 1.82) is 0 Å². The Morgan fingerprint density at radius 1 is 1.11 bits per heavy atom. The summed E-state index contributed by atoms with van der Waals surface area (Å²) in [6.07, 6.45) is 9.49. The molecule has 1 fully saturated rings. The van der Waals surface area contributed by atoms with Gasteiger partial charge in [0.1, 0.15) is 0 Å². The molecule has 1 saturated carbocycles. The van der Waals surface area contributed by atoms with Gasteiger partial charge in [0, 0.05) is 49.5 Å². The van der Waals surface area contributed by atoms with E-state index in [0.717, 1.165) is 55.6 Å². The van der Waals surface area contributed by atoms with Gasteiger partial charge in [-0.2, -0.15) is 5.10 Å². The van der Waals surface area contributed by atoms with Crippen molar-refractivity contribution in [3.63, 3.8) is 0 Å². The van der Waals surface area contributed by atoms with Gasteiger partial charge in [-0.3, -0.25) is 4.98 Å². The highest BCUT2D eigenvalue weighted by atomic mass is 16.5. The lowest BCUT2D eigenvalue weighted by Gasteiger charge is -2.06. The van der Waals surface area contributed by atoms with Crippen molar-refractivity contribution in [3.8, 4) is 16.9 Å². The van der Waals surface area contributed by atoms with E-state index in [1.807, 2.05) is 35.1 Å². The van der Waals surface area contributed by atoms with Crippen LogP contribution in [0.15, 0.2) is 61.1 Å². The van der Waals surface area contributed by atoms with Gasteiger partial charge in [0.25, 0.3) is 0 Å². The molecule has 0 atom stereocenters. The fourth-order valence-corrected chi connectivity index (χ4v) is 3.05. The molecule has 1 aromatic carbocycles. The van der Waals surface area contributed by atoms with Crippen LogP contribution < -0.4 is 5.32 Å². The molecule has 0 saturated heterocycles. The molecule has 5 heteroatoms. The Balaban J connectivity index is 1.39. The number of pyridine rings is 1. The fraction of sp³-hybridized carbons (Fsp3) is 0.364. The van der Waals surface area contributed by atoms with Crippen molar-refractivity contribution >= 4 is 0 Å². The third-order valence-electron chi connectivity index (χ3n) is 4.75. The van der Waals surface area contributed by atoms with Crippen molar-refractivity contribution in [2.24, 2.45) is 5.92 Å². The molecule has 1 N–H and O–H groups in total. The van der Waals surface area contributed by atoms with Crippen molar-refractivity contribution in [1.82, 2.24) is 20.1 Å². The highest BCUT2D eigenvalue weighted by Gasteiger charge is 2.20. The van der Waals surface area contributed by atoms with E-state index in [1.54, 1.807) is 6.20 Å². The first-order valence-corrected chi connectivity index (χ1v) is 9.73. The first-order valence-electron chi connectivity index (χ1n) is 9.73. The molecule has 0 aliphatic heterocycles. The average molecular weight is 362 g/mol. The molecular formula is C22H26N4O. The summed E-state index contributed by atoms with van der Waals surface area (Å²) in [5.74, 6) is 0.837. The zero-order valence-electron chi connectivity index (χ0n) is 15.6. The van der Waals surface area contributed by atoms with Gasteiger partial charge in [0.05, 0.1) is 11.4 Å². The predicted octanol–water partition coefficient (Wildman–Crippen LogP) is 3.84. The largest absolute Gasteiger partial charge is 0.381 e. The van der Waals surface area contributed by atoms with Crippen LogP contribution in [0.2, 0.25) is 0 Å². The smallest absolute Gasteiger partial charge is 0.0988 e. The van der Waals surface area contributed by atoms with Gasteiger partial charge in [0.2, 0.25) is 0 Å². The molecule has 2 heterocycles. The number of rotatable bonds is 10. The maximum absolute atomic E-state index is 5.70. The second-order valence-electron chi connectivity index (χ2n) is 7.07. The highest BCUT2D eigenvalue weighted by molar-refractivity contribution is 5.62. The number of para-hydroxylation sites is 1. The second kappa shape index (κ2) is 8.93. The van der Waals surface area contributed by atoms with Crippen molar-refractivity contribution in [2.45, 2.75) is 25.8 Å². The molecule has 0 unspecified atom stereocenters. The Morgan fingerprint density at radius 2 is 2.00 bits per heavy atom. The van der Waals surface area contributed by atoms with Crippen LogP contribution in [0.1, 0.15) is 24.8 Å². The van der Waals surface area contributed by atoms with Gasteiger partial charge in [-0.15, -0.1) is 0 Å². The monoisotopic (exact) mass is 362 g/mol. The zero-order valence-corrected chi connectivity index (χ0v) is 15.6. The lowest BCUT2D eigenvalue weighted by atomic mass is 10.1. The molecule has 27 heavy (non-hydrogen) atoms. The Labute approximate surface area is 160 Å². The molecular weight excluding hydrogens is 336 g/mol. The number of nitrogens with one attached hydrogen (secondary N) is 1. The van der Waals surface area contributed by atoms with Gasteiger partial charge >= 0.3 is 0 Å². The van der Waals surface area contributed by atoms with Crippen LogP contribution in [0.4, 0.5) is 0 Å². The summed E-state index contributed by atoms with van der Waals surface area (Å²) in [5, 5.41) is 8.34. The van der Waals surface area contributed by atoms with Crippen LogP contribution >= 0.6 is 0 Å². The highest BCUT2D eigenvalue weighted by Crippen LogP contribution is 2.28. The summed E-state index contributed by atoms with van der Waals surface area (Å²) in [6, 6.07) is 14.2. The molecule has 0 amide bonds. The SMILES string of the molecule is c1ccc(-n2cc(CNCCCOCC3CC3)c(-c3cccnc3)n2)cc1. The summed E-state index contributed by atoms with van der Waals surface area (Å²) in [6.45, 7) is 3.49. The van der Waals surface area contributed by atoms with Crippen LogP contribution in [0.3, 0.4) is 0 Å². The summed E-state index contributed by atoms with van der Waals surface area (Å²) in [4.78, 5) is 4.25. The topological polar surface area (TPSA) is 52.0 Å². The minimum absolute atomic E-state index is 0.777. The van der Waals surface area contributed by atoms with Crippen LogP contribution in [0, 0.1) is 5.92 Å². The van der Waals surface area contributed by atoms with Crippen LogP contribution in [0.5, 0.6) is 0 Å². The zero-order chi connectivity index (χ0) is 18.3. The van der Waals surface area contributed by atoms with E-state index in [4.69, 9.17) is 9.84 Å². The lowest BCUT2D eigenvalue weighted by molar-refractivity contribution is 0.122. The summed E-state index contributed by atoms with van der Waals surface area (Å²) in [5.41, 5.74) is 4.24. The van der Waals surface area contributed by atoms with E-state index in [-0.39, 0.29) is 0 Å². The lowest BCUT2D eigenvalue weighted by Crippen LogP contribution is -2.16. The van der Waals surface area contributed by atoms with Crippen LogP contribution in [-0.4, -0.2) is 34.5 Å². The van der Waals surface area contributed by atoms with Crippen molar-refractivity contribution < 1.29 is 4.74 Å². The molecule has 1 aliphatic carbocycles. The van der Waals surface area contributed by atoms with E-state index >= 15 is 0 Å². The Morgan fingerprint density at radius 3 is 2.78 bits per heavy atom. The minimum Gasteiger partial charge on any atom is -0.381 e. The first kappa shape index (κ1) is 17.9. The summed E-state index contributed by atoms with van der Waals surface area (Å²) >= 11 is 0. The number of benzene rings is 1. The Bertz CT molecular complexity index is 828. The number of aromatic nitrogens is 3. The molecule has 4 rings (SSSR count). The van der Waals surface area contributed by atoms with Crippen LogP contribution in [-0.2, 0) is 11.3 Å². The normalized spacial score (nSPS) is 13.8. The molecule has 5 nitrogen and oxygen atoms in total. The molecule has 0 bridgehead atoms. The molecule has 140 valence electrons. The van der Waals surface area contributed by atoms with Crippen molar-refractivity contribution in [3.05, 3.63) is 66.6 Å². The average Bonchev–Trinajstić information content (AvgIpc) is 3.45. The predicted molar refractivity (Wildman–Crippen MR) is 107 cm³/mol. The Hall–Kier alpha value is -2.50. The second-order valence-corrected chi connectivity index (χ2v) is 7.07. The summed E-state index contributed by atoms with van der Waals surface area (Å²) in [7, 11) is 0. The molecule has 2 aromatic heterocycles. The van der Waals surface area contributed by atoms with E-state index in [2.05, 4.69) is 34.7 Å². The van der Waals surface area contributed by atoms with Gasteiger partial charge in [-0.25, -0.2) is 4.68 Å². The third-order valence-corrected chi connectivity index (χ3v) is 4.75. The molecule has 0 spiro atoms. The minimum atomic E-state index is 0.777. The van der Waals surface area contributed by atoms with E-state index in [0.29, 0.717) is 0 Å². The standard InChI is InChI=1S/C22H26N4O/c1-2-7-21(8-3-1)26-16-20(22(25-26)19-6-4-11-23-14-19)15-24-12-5-13-27-17-18-9-10-18/h1-4,6-8,11,14,16,18,24H,5,9-10,12-13,15,17H2. The van der Waals surface area contributed by atoms with Crippen molar-refractivity contribution in [2.75, 3.05) is 19.8 Å². The van der Waals surface area contributed by atoms with Gasteiger partial charge < -0.3 is 10.1 Å².